The number of fused-ring (bicyclic) bond motifs is 3. The van der Waals surface area contributed by atoms with Crippen LogP contribution in [-0.2, 0) is 18.6 Å². The summed E-state index contributed by atoms with van der Waals surface area (Å²) in [5.74, 6) is 0. The number of benzene rings is 3. The van der Waals surface area contributed by atoms with Gasteiger partial charge in [-0.05, 0) is 0 Å². The van der Waals surface area contributed by atoms with Crippen LogP contribution in [-0.4, -0.2) is 8.07 Å². The third kappa shape index (κ3) is 3.45. The van der Waals surface area contributed by atoms with Crippen LogP contribution < -0.4 is 0 Å². The van der Waals surface area contributed by atoms with E-state index in [1.54, 1.807) is 3.96 Å². The first kappa shape index (κ1) is 17.0. The van der Waals surface area contributed by atoms with Crippen LogP contribution in [0.15, 0.2) is 70.7 Å². The second-order valence-electron chi connectivity index (χ2n) is 7.86. The standard InChI is InChI=1S/C19H13.C4H11Si.Pt/c1-2-8-14(7-1)19-13-15-9-3-4-10-16(15)17-11-5-6-12-18(17)19;1-5(2,3)4;/h1,3-7,9-13H,2H2;1H2,2-4H3;. The van der Waals surface area contributed by atoms with Crippen molar-refractivity contribution in [2.75, 3.05) is 0 Å². The molecule has 0 bridgehead atoms. The molecule has 1 aliphatic carbocycles. The molecule has 0 nitrogen and oxygen atoms in total. The average Bonchev–Trinajstić information content (AvgIpc) is 3.07. The molecule has 0 aliphatic heterocycles. The van der Waals surface area contributed by atoms with Gasteiger partial charge in [0.25, 0.3) is 0 Å². The summed E-state index contributed by atoms with van der Waals surface area (Å²) in [6, 6.07) is 20.1. The predicted octanol–water partition coefficient (Wildman–Crippen LogP) is 7.04. The van der Waals surface area contributed by atoms with Crippen molar-refractivity contribution in [2.24, 2.45) is 0 Å². The van der Waals surface area contributed by atoms with E-state index >= 15 is 0 Å². The van der Waals surface area contributed by atoms with Crippen LogP contribution in [0.4, 0.5) is 0 Å². The van der Waals surface area contributed by atoms with E-state index in [1.165, 1.54) is 43.5 Å². The Kier molecular flexibility index (Phi) is 4.56. The average molecular weight is 524 g/mol. The number of hydrogen-bond donors (Lipinski definition) is 0. The molecule has 4 rings (SSSR count). The summed E-state index contributed by atoms with van der Waals surface area (Å²) in [7, 11) is -0.965. The zero-order valence-electron chi connectivity index (χ0n) is 15.1. The van der Waals surface area contributed by atoms with Crippen molar-refractivity contribution in [2.45, 2.75) is 30.5 Å². The van der Waals surface area contributed by atoms with E-state index in [-0.39, 0.29) is 18.6 Å². The molecule has 130 valence electrons. The molecule has 0 heterocycles. The van der Waals surface area contributed by atoms with Crippen LogP contribution in [0.1, 0.15) is 12.0 Å². The molecule has 0 spiro atoms. The summed E-state index contributed by atoms with van der Waals surface area (Å²) in [4.78, 5) is 0. The summed E-state index contributed by atoms with van der Waals surface area (Å²) in [6.45, 7) is 7.50. The maximum atomic E-state index is 2.50. The molecule has 0 radical (unpaired) electrons. The van der Waals surface area contributed by atoms with E-state index in [4.69, 9.17) is 0 Å². The topological polar surface area (TPSA) is 0 Å². The Morgan fingerprint density at radius 1 is 0.880 bits per heavy atom. The van der Waals surface area contributed by atoms with E-state index in [0.717, 1.165) is 0 Å². The van der Waals surface area contributed by atoms with Gasteiger partial charge in [0.15, 0.2) is 0 Å². The Morgan fingerprint density at radius 2 is 1.56 bits per heavy atom. The van der Waals surface area contributed by atoms with Gasteiger partial charge in [0.1, 0.15) is 0 Å². The van der Waals surface area contributed by atoms with Crippen molar-refractivity contribution >= 4 is 35.2 Å². The monoisotopic (exact) mass is 523 g/mol. The van der Waals surface area contributed by atoms with Gasteiger partial charge in [0.2, 0.25) is 0 Å². The van der Waals surface area contributed by atoms with Crippen molar-refractivity contribution in [3.8, 4) is 0 Å². The molecule has 0 atom stereocenters. The van der Waals surface area contributed by atoms with Gasteiger partial charge in [-0.25, -0.2) is 0 Å². The Bertz CT molecular complexity index is 1010. The molecule has 0 amide bonds. The second-order valence-corrected chi connectivity index (χ2v) is 17.8. The summed E-state index contributed by atoms with van der Waals surface area (Å²) in [5, 5.41) is 5.50. The molecular formula is C23H24PtSi. The van der Waals surface area contributed by atoms with Crippen molar-refractivity contribution in [1.29, 1.82) is 0 Å². The zero-order chi connectivity index (χ0) is 17.4. The fraction of sp³-hybridized carbons (Fsp3) is 0.217. The van der Waals surface area contributed by atoms with E-state index in [2.05, 4.69) is 86.4 Å². The van der Waals surface area contributed by atoms with Gasteiger partial charge in [-0.15, -0.1) is 0 Å². The molecule has 0 saturated carbocycles. The van der Waals surface area contributed by atoms with E-state index < -0.39 is 8.07 Å². The first-order valence-electron chi connectivity index (χ1n) is 8.85. The predicted molar refractivity (Wildman–Crippen MR) is 110 cm³/mol. The fourth-order valence-electron chi connectivity index (χ4n) is 3.31. The van der Waals surface area contributed by atoms with Crippen LogP contribution in [0.5, 0.6) is 0 Å². The van der Waals surface area contributed by atoms with Gasteiger partial charge >= 0.3 is 161 Å². The van der Waals surface area contributed by atoms with Crippen molar-refractivity contribution in [3.05, 3.63) is 76.3 Å². The third-order valence-corrected chi connectivity index (χ3v) is 15.7. The van der Waals surface area contributed by atoms with E-state index in [1.807, 2.05) is 0 Å². The van der Waals surface area contributed by atoms with Gasteiger partial charge in [-0.2, -0.15) is 0 Å². The van der Waals surface area contributed by atoms with Crippen LogP contribution >= 0.6 is 0 Å². The molecule has 0 fully saturated rings. The first-order valence-corrected chi connectivity index (χ1v) is 15.3. The van der Waals surface area contributed by atoms with Gasteiger partial charge in [-0.1, -0.05) is 0 Å². The zero-order valence-corrected chi connectivity index (χ0v) is 18.4. The molecule has 0 aromatic heterocycles. The van der Waals surface area contributed by atoms with E-state index in [9.17, 15) is 0 Å². The Labute approximate surface area is 160 Å². The van der Waals surface area contributed by atoms with Gasteiger partial charge in [0.05, 0.1) is 0 Å². The van der Waals surface area contributed by atoms with E-state index in [0.29, 0.717) is 0 Å². The normalized spacial score (nSPS) is 15.0. The Hall–Kier alpha value is -1.43. The molecule has 0 unspecified atom stereocenters. The maximum absolute atomic E-state index is 2.50. The van der Waals surface area contributed by atoms with Crippen molar-refractivity contribution < 1.29 is 18.6 Å². The number of hydrogen-bond acceptors (Lipinski definition) is 0. The summed E-state index contributed by atoms with van der Waals surface area (Å²) < 4.78 is 3.22. The first-order chi connectivity index (χ1) is 12.0. The quantitative estimate of drug-likeness (QED) is 0.254. The Balaban J connectivity index is 1.91. The molecule has 25 heavy (non-hydrogen) atoms. The summed E-state index contributed by atoms with van der Waals surface area (Å²) in [6.07, 6.45) is 5.93. The van der Waals surface area contributed by atoms with Crippen LogP contribution in [0.2, 0.25) is 24.1 Å². The number of rotatable bonds is 4. The summed E-state index contributed by atoms with van der Waals surface area (Å²) in [5.41, 5.74) is 2.96. The van der Waals surface area contributed by atoms with Crippen molar-refractivity contribution in [3.63, 3.8) is 0 Å². The third-order valence-electron chi connectivity index (χ3n) is 4.43. The molecule has 0 saturated heterocycles. The molecule has 3 aromatic rings. The van der Waals surface area contributed by atoms with Crippen LogP contribution in [0.25, 0.3) is 27.1 Å². The van der Waals surface area contributed by atoms with Gasteiger partial charge < -0.3 is 0 Å². The Morgan fingerprint density at radius 3 is 2.32 bits per heavy atom. The van der Waals surface area contributed by atoms with Crippen LogP contribution in [0.3, 0.4) is 0 Å². The van der Waals surface area contributed by atoms with Crippen molar-refractivity contribution in [1.82, 2.24) is 0 Å². The minimum absolute atomic E-state index is 0.133. The molecule has 0 N–H and O–H groups in total. The molecular weight excluding hydrogens is 499 g/mol. The molecule has 1 aliphatic rings. The minimum atomic E-state index is -0.965. The SMILES string of the molecule is C[Si](C)(C)[CH2][Pt][C]1=C(c2cc3ccccc3c3ccccc23)C=CC1. The van der Waals surface area contributed by atoms with Crippen LogP contribution in [0, 0.1) is 0 Å². The van der Waals surface area contributed by atoms with Gasteiger partial charge in [0, 0.05) is 0 Å². The summed E-state index contributed by atoms with van der Waals surface area (Å²) >= 11 is 0.133. The van der Waals surface area contributed by atoms with Gasteiger partial charge in [-0.3, -0.25) is 0 Å². The molecule has 2 heteroatoms. The molecule has 3 aromatic carbocycles. The number of allylic oxidation sites excluding steroid dienone is 4. The second kappa shape index (κ2) is 6.70. The fourth-order valence-corrected chi connectivity index (χ4v) is 10.4.